The largest absolute Gasteiger partial charge is 0.462 e. The highest BCUT2D eigenvalue weighted by molar-refractivity contribution is 7.51. The summed E-state index contributed by atoms with van der Waals surface area (Å²) in [6, 6.07) is 0. The van der Waals surface area contributed by atoms with Crippen LogP contribution in [0.2, 0.25) is 0 Å². The zero-order chi connectivity index (χ0) is 36.9. The number of likely N-dealkylation sites (tertiary alicyclic amines) is 1. The summed E-state index contributed by atoms with van der Waals surface area (Å²) in [4.78, 5) is 15.1. The van der Waals surface area contributed by atoms with Gasteiger partial charge in [0.25, 0.3) is 0 Å². The molecule has 304 valence electrons. The molecule has 51 heavy (non-hydrogen) atoms. The summed E-state index contributed by atoms with van der Waals surface area (Å²) in [6.45, 7) is 11.5. The van der Waals surface area contributed by atoms with Gasteiger partial charge in [0, 0.05) is 19.5 Å². The van der Waals surface area contributed by atoms with Crippen molar-refractivity contribution in [3.8, 4) is 0 Å². The third kappa shape index (κ3) is 31.6. The van der Waals surface area contributed by atoms with Gasteiger partial charge in [0.2, 0.25) is 0 Å². The highest BCUT2D eigenvalue weighted by atomic mass is 31.2. The third-order valence-corrected chi connectivity index (χ3v) is 12.2. The molecule has 0 spiro atoms. The smallest absolute Gasteiger partial charge is 0.405 e. The molecule has 1 N–H and O–H groups in total. The molecule has 7 nitrogen and oxygen atoms in total. The van der Waals surface area contributed by atoms with Crippen LogP contribution in [0.1, 0.15) is 226 Å². The van der Waals surface area contributed by atoms with Crippen LogP contribution in [0.4, 0.5) is 0 Å². The van der Waals surface area contributed by atoms with Crippen molar-refractivity contribution in [1.82, 2.24) is 9.99 Å². The highest BCUT2D eigenvalue weighted by Gasteiger charge is 2.25. The molecule has 0 amide bonds. The summed E-state index contributed by atoms with van der Waals surface area (Å²) in [5, 5.41) is 3.14. The van der Waals surface area contributed by atoms with Crippen LogP contribution in [0.15, 0.2) is 0 Å². The standard InChI is InChI=1S/C43H87N2O5P/c1-4-7-10-13-16-17-18-19-20-25-30-40-48-51(47,44-36-39-45-37-32-38-45)49-41-31-26-21-24-29-35-43(46)50-42(33-27-22-14-11-8-5-2)34-28-23-15-12-9-6-3/h42H,4-41H2,1-3H3,(H,44,47). The van der Waals surface area contributed by atoms with E-state index in [1.54, 1.807) is 0 Å². The van der Waals surface area contributed by atoms with Gasteiger partial charge in [0.1, 0.15) is 6.10 Å². The van der Waals surface area contributed by atoms with Gasteiger partial charge in [-0.1, -0.05) is 168 Å². The highest BCUT2D eigenvalue weighted by Crippen LogP contribution is 2.44. The summed E-state index contributed by atoms with van der Waals surface area (Å²) >= 11 is 0. The molecule has 1 atom stereocenters. The molecular formula is C43H87N2O5P. The number of nitrogens with zero attached hydrogens (tertiary/aromatic N) is 1. The van der Waals surface area contributed by atoms with Crippen LogP contribution in [0.25, 0.3) is 0 Å². The van der Waals surface area contributed by atoms with Crippen molar-refractivity contribution in [1.29, 1.82) is 0 Å². The maximum Gasteiger partial charge on any atom is 0.405 e. The minimum atomic E-state index is -3.30. The molecule has 1 rings (SSSR count). The number of hydrogen-bond acceptors (Lipinski definition) is 6. The Morgan fingerprint density at radius 1 is 0.569 bits per heavy atom. The maximum absolute atomic E-state index is 13.5. The first-order chi connectivity index (χ1) is 25.0. The van der Waals surface area contributed by atoms with E-state index in [0.29, 0.717) is 26.2 Å². The second-order valence-electron chi connectivity index (χ2n) is 15.5. The molecule has 1 fully saturated rings. The first kappa shape index (κ1) is 48.6. The average molecular weight is 743 g/mol. The van der Waals surface area contributed by atoms with E-state index in [4.69, 9.17) is 13.8 Å². The molecule has 0 radical (unpaired) electrons. The van der Waals surface area contributed by atoms with E-state index in [2.05, 4.69) is 30.8 Å². The van der Waals surface area contributed by atoms with Crippen molar-refractivity contribution < 1.29 is 23.1 Å². The number of unbranched alkanes of at least 4 members (excludes halogenated alkanes) is 24. The van der Waals surface area contributed by atoms with Gasteiger partial charge in [-0.2, -0.15) is 0 Å². The number of ether oxygens (including phenoxy) is 1. The SMILES string of the molecule is CCCCCCCCCCCCCOP(=O)(NCCN1CCC1)OCCCCCCCC(=O)OC(CCCCCCCC)CCCCCCCC. The summed E-state index contributed by atoms with van der Waals surface area (Å²) < 4.78 is 31.3. The predicted octanol–water partition coefficient (Wildman–Crippen LogP) is 13.5. The Hall–Kier alpha value is -0.460. The molecule has 1 aliphatic rings. The Bertz CT molecular complexity index is 780. The van der Waals surface area contributed by atoms with Crippen molar-refractivity contribution in [3.63, 3.8) is 0 Å². The van der Waals surface area contributed by atoms with Crippen molar-refractivity contribution in [2.75, 3.05) is 39.4 Å². The fourth-order valence-corrected chi connectivity index (χ4v) is 8.30. The second kappa shape index (κ2) is 36.5. The molecular weight excluding hydrogens is 655 g/mol. The molecule has 0 bridgehead atoms. The Kier molecular flexibility index (Phi) is 34.8. The first-order valence-electron chi connectivity index (χ1n) is 22.6. The zero-order valence-electron chi connectivity index (χ0n) is 34.4. The second-order valence-corrected chi connectivity index (χ2v) is 17.4. The molecule has 8 heteroatoms. The fraction of sp³-hybridized carbons (Fsp3) is 0.977. The first-order valence-corrected chi connectivity index (χ1v) is 24.1. The van der Waals surface area contributed by atoms with Gasteiger partial charge >= 0.3 is 13.7 Å². The topological polar surface area (TPSA) is 77.1 Å². The summed E-state index contributed by atoms with van der Waals surface area (Å²) in [5.41, 5.74) is 0. The van der Waals surface area contributed by atoms with Crippen molar-refractivity contribution >= 4 is 13.7 Å². The van der Waals surface area contributed by atoms with Crippen LogP contribution in [0.5, 0.6) is 0 Å². The Labute approximate surface area is 317 Å². The fourth-order valence-electron chi connectivity index (χ4n) is 6.93. The Morgan fingerprint density at radius 3 is 1.37 bits per heavy atom. The number of esters is 1. The predicted molar refractivity (Wildman–Crippen MR) is 219 cm³/mol. The van der Waals surface area contributed by atoms with E-state index >= 15 is 0 Å². The van der Waals surface area contributed by atoms with Crippen LogP contribution >= 0.6 is 7.75 Å². The molecule has 0 aliphatic carbocycles. The van der Waals surface area contributed by atoms with E-state index in [-0.39, 0.29) is 12.1 Å². The molecule has 1 heterocycles. The summed E-state index contributed by atoms with van der Waals surface area (Å²) in [7, 11) is -3.30. The molecule has 0 aromatic heterocycles. The lowest BCUT2D eigenvalue weighted by molar-refractivity contribution is -0.150. The number of hydrogen-bond donors (Lipinski definition) is 1. The Morgan fingerprint density at radius 2 is 0.961 bits per heavy atom. The Balaban J connectivity index is 2.24. The lowest BCUT2D eigenvalue weighted by atomic mass is 10.0. The lowest BCUT2D eigenvalue weighted by Gasteiger charge is -2.31. The van der Waals surface area contributed by atoms with Gasteiger partial charge in [-0.05, 0) is 64.5 Å². The number of rotatable bonds is 41. The monoisotopic (exact) mass is 743 g/mol. The quantitative estimate of drug-likeness (QED) is 0.0380. The third-order valence-electron chi connectivity index (χ3n) is 10.5. The summed E-state index contributed by atoms with van der Waals surface area (Å²) in [5.74, 6) is -0.0134. The van der Waals surface area contributed by atoms with E-state index in [9.17, 15) is 9.36 Å². The van der Waals surface area contributed by atoms with Crippen molar-refractivity contribution in [3.05, 3.63) is 0 Å². The van der Waals surface area contributed by atoms with E-state index < -0.39 is 7.75 Å². The minimum absolute atomic E-state index is 0.0134. The normalized spacial score (nSPS) is 14.6. The number of carbonyl (C=O) groups is 1. The van der Waals surface area contributed by atoms with Gasteiger partial charge in [0.15, 0.2) is 0 Å². The van der Waals surface area contributed by atoms with E-state index in [0.717, 1.165) is 77.4 Å². The van der Waals surface area contributed by atoms with E-state index in [1.165, 1.54) is 141 Å². The minimum Gasteiger partial charge on any atom is -0.462 e. The molecule has 0 saturated carbocycles. The van der Waals surface area contributed by atoms with E-state index in [1.807, 2.05) is 0 Å². The van der Waals surface area contributed by atoms with Crippen LogP contribution in [-0.2, 0) is 23.1 Å². The van der Waals surface area contributed by atoms with Gasteiger partial charge in [-0.3, -0.25) is 13.8 Å². The van der Waals surface area contributed by atoms with Crippen LogP contribution < -0.4 is 5.09 Å². The zero-order valence-corrected chi connectivity index (χ0v) is 35.3. The molecule has 0 aromatic rings. The van der Waals surface area contributed by atoms with Crippen molar-refractivity contribution in [2.24, 2.45) is 0 Å². The van der Waals surface area contributed by atoms with Gasteiger partial charge < -0.3 is 9.64 Å². The molecule has 1 saturated heterocycles. The van der Waals surface area contributed by atoms with Gasteiger partial charge in [-0.15, -0.1) is 0 Å². The van der Waals surface area contributed by atoms with Crippen LogP contribution in [-0.4, -0.2) is 56.4 Å². The van der Waals surface area contributed by atoms with Crippen LogP contribution in [0.3, 0.4) is 0 Å². The van der Waals surface area contributed by atoms with Gasteiger partial charge in [-0.25, -0.2) is 9.65 Å². The maximum atomic E-state index is 13.5. The average Bonchev–Trinajstić information content (AvgIpc) is 3.10. The van der Waals surface area contributed by atoms with Crippen LogP contribution in [0, 0.1) is 0 Å². The molecule has 0 aromatic carbocycles. The molecule has 1 unspecified atom stereocenters. The number of carbonyl (C=O) groups excluding carboxylic acids is 1. The molecule has 1 aliphatic heterocycles. The summed E-state index contributed by atoms with van der Waals surface area (Å²) in [6.07, 6.45) is 38.1. The number of nitrogens with one attached hydrogen (secondary N) is 1. The van der Waals surface area contributed by atoms with Crippen molar-refractivity contribution in [2.45, 2.75) is 232 Å². The lowest BCUT2D eigenvalue weighted by Crippen LogP contribution is -2.41. The van der Waals surface area contributed by atoms with Gasteiger partial charge in [0.05, 0.1) is 13.2 Å².